The van der Waals surface area contributed by atoms with Gasteiger partial charge in [0, 0.05) is 17.8 Å². The molecule has 1 saturated carbocycles. The van der Waals surface area contributed by atoms with E-state index in [-0.39, 0.29) is 17.5 Å². The standard InChI is InChI=1S/C24H29N5O4S/c1-3-9-28-13-19-14-29(25-20(19)15-28)12-18-10-21(32-2)23-22(11-18)33-26-24(23)27-34(30,31)16-17-7-5-4-6-8-17/h10-11,14,17H,4-8,12-13,15-16H2,1-2H3,(H,26,27). The van der Waals surface area contributed by atoms with Gasteiger partial charge in [0.15, 0.2) is 11.4 Å². The molecule has 2 aromatic heterocycles. The van der Waals surface area contributed by atoms with Crippen LogP contribution in [0.3, 0.4) is 0 Å². The number of ether oxygens (including phenoxy) is 1. The minimum absolute atomic E-state index is 0.104. The average molecular weight is 484 g/mol. The largest absolute Gasteiger partial charge is 0.496 e. The summed E-state index contributed by atoms with van der Waals surface area (Å²) in [5, 5.41) is 9.23. The maximum Gasteiger partial charge on any atom is 0.234 e. The minimum Gasteiger partial charge on any atom is -0.496 e. The Kier molecular flexibility index (Phi) is 6.13. The number of sulfonamides is 1. The fraction of sp³-hybridized carbons (Fsp3) is 0.500. The average Bonchev–Trinajstić information content (AvgIpc) is 3.47. The molecule has 3 aromatic rings. The van der Waals surface area contributed by atoms with E-state index in [2.05, 4.69) is 21.8 Å². The molecule has 1 N–H and O–H groups in total. The normalized spacial score (nSPS) is 16.4. The number of nitrogens with zero attached hydrogens (tertiary/aromatic N) is 4. The van der Waals surface area contributed by atoms with E-state index in [0.717, 1.165) is 50.0 Å². The third-order valence-corrected chi connectivity index (χ3v) is 7.91. The van der Waals surface area contributed by atoms with Crippen molar-refractivity contribution in [2.45, 2.75) is 58.7 Å². The number of hydrogen-bond donors (Lipinski definition) is 1. The predicted octanol–water partition coefficient (Wildman–Crippen LogP) is 3.70. The molecule has 0 atom stereocenters. The number of methoxy groups -OCH3 is 1. The molecule has 2 aliphatic rings. The van der Waals surface area contributed by atoms with Crippen LogP contribution in [0.5, 0.6) is 5.75 Å². The molecule has 0 spiro atoms. The predicted molar refractivity (Wildman–Crippen MR) is 129 cm³/mol. The van der Waals surface area contributed by atoms with E-state index in [1.54, 1.807) is 7.11 Å². The van der Waals surface area contributed by atoms with Gasteiger partial charge in [-0.15, -0.1) is 0 Å². The summed E-state index contributed by atoms with van der Waals surface area (Å²) in [4.78, 5) is 2.04. The van der Waals surface area contributed by atoms with Gasteiger partial charge in [-0.05, 0) is 43.4 Å². The molecule has 0 saturated heterocycles. The Morgan fingerprint density at radius 1 is 1.24 bits per heavy atom. The lowest BCUT2D eigenvalue weighted by Crippen LogP contribution is -2.24. The third kappa shape index (κ3) is 4.71. The number of nitrogens with one attached hydrogen (secondary N) is 1. The summed E-state index contributed by atoms with van der Waals surface area (Å²) in [5.41, 5.74) is 3.59. The summed E-state index contributed by atoms with van der Waals surface area (Å²) >= 11 is 0. The summed E-state index contributed by atoms with van der Waals surface area (Å²) in [7, 11) is -1.99. The summed E-state index contributed by atoms with van der Waals surface area (Å²) < 4.78 is 41.2. The highest BCUT2D eigenvalue weighted by molar-refractivity contribution is 7.92. The van der Waals surface area contributed by atoms with E-state index < -0.39 is 10.0 Å². The van der Waals surface area contributed by atoms with Gasteiger partial charge in [0.1, 0.15) is 11.1 Å². The first-order valence-electron chi connectivity index (χ1n) is 11.6. The summed E-state index contributed by atoms with van der Waals surface area (Å²) in [6.45, 7) is 3.85. The first-order valence-corrected chi connectivity index (χ1v) is 13.3. The summed E-state index contributed by atoms with van der Waals surface area (Å²) in [6.07, 6.45) is 7.31. The van der Waals surface area contributed by atoms with Crippen LogP contribution in [0, 0.1) is 17.9 Å². The van der Waals surface area contributed by atoms with Crippen LogP contribution in [0.2, 0.25) is 0 Å². The molecule has 1 aliphatic heterocycles. The fourth-order valence-electron chi connectivity index (χ4n) is 4.98. The molecular weight excluding hydrogens is 454 g/mol. The van der Waals surface area contributed by atoms with Crippen molar-refractivity contribution in [1.29, 1.82) is 0 Å². The molecule has 3 heterocycles. The van der Waals surface area contributed by atoms with Crippen LogP contribution in [-0.2, 0) is 29.7 Å². The first-order chi connectivity index (χ1) is 16.4. The van der Waals surface area contributed by atoms with Gasteiger partial charge in [-0.2, -0.15) is 5.10 Å². The SMILES string of the molecule is CC#CN1Cc2cn(Cc3cc(OC)c4c(NS(=O)(=O)CC5CCCCC5)noc4c3)nc2C1. The molecule has 34 heavy (non-hydrogen) atoms. The van der Waals surface area contributed by atoms with E-state index in [0.29, 0.717) is 23.3 Å². The van der Waals surface area contributed by atoms with Crippen LogP contribution >= 0.6 is 0 Å². The second kappa shape index (κ2) is 9.22. The van der Waals surface area contributed by atoms with Crippen LogP contribution < -0.4 is 9.46 Å². The van der Waals surface area contributed by atoms with Crippen molar-refractivity contribution in [3.05, 3.63) is 35.2 Å². The molecule has 0 bridgehead atoms. The number of benzene rings is 1. The van der Waals surface area contributed by atoms with Gasteiger partial charge in [-0.25, -0.2) is 8.42 Å². The second-order valence-electron chi connectivity index (χ2n) is 9.11. The van der Waals surface area contributed by atoms with E-state index in [9.17, 15) is 8.42 Å². The van der Waals surface area contributed by atoms with Gasteiger partial charge in [0.2, 0.25) is 10.0 Å². The molecule has 1 aliphatic carbocycles. The molecule has 5 rings (SSSR count). The fourth-order valence-corrected chi connectivity index (χ4v) is 6.45. The summed E-state index contributed by atoms with van der Waals surface area (Å²) in [6, 6.07) is 6.80. The van der Waals surface area contributed by atoms with E-state index in [1.165, 1.54) is 12.0 Å². The third-order valence-electron chi connectivity index (χ3n) is 6.49. The highest BCUT2D eigenvalue weighted by atomic mass is 32.2. The Bertz CT molecular complexity index is 1340. The van der Waals surface area contributed by atoms with E-state index in [4.69, 9.17) is 14.4 Å². The lowest BCUT2D eigenvalue weighted by Gasteiger charge is -2.21. The van der Waals surface area contributed by atoms with Crippen molar-refractivity contribution in [3.63, 3.8) is 0 Å². The second-order valence-corrected chi connectivity index (χ2v) is 10.9. The minimum atomic E-state index is -3.54. The molecule has 0 radical (unpaired) electrons. The zero-order chi connectivity index (χ0) is 23.7. The van der Waals surface area contributed by atoms with Crippen molar-refractivity contribution in [1.82, 2.24) is 19.8 Å². The van der Waals surface area contributed by atoms with Crippen molar-refractivity contribution in [2.24, 2.45) is 5.92 Å². The van der Waals surface area contributed by atoms with Gasteiger partial charge in [-0.1, -0.05) is 30.3 Å². The maximum atomic E-state index is 12.8. The van der Waals surface area contributed by atoms with Gasteiger partial charge < -0.3 is 14.2 Å². The van der Waals surface area contributed by atoms with Crippen molar-refractivity contribution < 1.29 is 17.7 Å². The smallest absolute Gasteiger partial charge is 0.234 e. The van der Waals surface area contributed by atoms with Crippen LogP contribution in [0.1, 0.15) is 55.8 Å². The quantitative estimate of drug-likeness (QED) is 0.511. The van der Waals surface area contributed by atoms with Crippen molar-refractivity contribution >= 4 is 26.8 Å². The number of hydrogen-bond acceptors (Lipinski definition) is 7. The van der Waals surface area contributed by atoms with Crippen LogP contribution in [0.15, 0.2) is 22.9 Å². The molecule has 180 valence electrons. The monoisotopic (exact) mass is 483 g/mol. The van der Waals surface area contributed by atoms with E-state index in [1.807, 2.05) is 34.8 Å². The van der Waals surface area contributed by atoms with E-state index >= 15 is 0 Å². The maximum absolute atomic E-state index is 12.8. The Morgan fingerprint density at radius 3 is 2.79 bits per heavy atom. The summed E-state index contributed by atoms with van der Waals surface area (Å²) in [5.74, 6) is 3.90. The van der Waals surface area contributed by atoms with Crippen molar-refractivity contribution in [3.8, 4) is 17.7 Å². The Hall–Kier alpha value is -3.19. The molecule has 9 nitrogen and oxygen atoms in total. The van der Waals surface area contributed by atoms with Gasteiger partial charge in [0.25, 0.3) is 0 Å². The lowest BCUT2D eigenvalue weighted by molar-refractivity contribution is 0.385. The van der Waals surface area contributed by atoms with Gasteiger partial charge in [0.05, 0.1) is 38.2 Å². The Labute approximate surface area is 199 Å². The molecular formula is C24H29N5O4S. The molecule has 1 fully saturated rings. The van der Waals surface area contributed by atoms with Crippen molar-refractivity contribution in [2.75, 3.05) is 17.6 Å². The molecule has 0 amide bonds. The number of fused-ring (bicyclic) bond motifs is 2. The Morgan fingerprint density at radius 2 is 2.06 bits per heavy atom. The number of aromatic nitrogens is 3. The van der Waals surface area contributed by atoms with Gasteiger partial charge >= 0.3 is 0 Å². The lowest BCUT2D eigenvalue weighted by atomic mass is 9.91. The topological polar surface area (TPSA) is 102 Å². The molecule has 0 unspecified atom stereocenters. The van der Waals surface area contributed by atoms with Gasteiger partial charge in [-0.3, -0.25) is 9.40 Å². The number of anilines is 1. The number of rotatable bonds is 7. The van der Waals surface area contributed by atoms with Crippen LogP contribution in [0.4, 0.5) is 5.82 Å². The molecule has 1 aromatic carbocycles. The Balaban J connectivity index is 1.34. The zero-order valence-electron chi connectivity index (χ0n) is 19.5. The van der Waals surface area contributed by atoms with Crippen LogP contribution in [-0.4, -0.2) is 41.1 Å². The van der Waals surface area contributed by atoms with Crippen LogP contribution in [0.25, 0.3) is 11.0 Å². The highest BCUT2D eigenvalue weighted by Gasteiger charge is 2.25. The zero-order valence-corrected chi connectivity index (χ0v) is 20.3. The highest BCUT2D eigenvalue weighted by Crippen LogP contribution is 2.35. The first kappa shape index (κ1) is 22.6. The molecule has 10 heteroatoms.